The predicted octanol–water partition coefficient (Wildman–Crippen LogP) is 2.16. The zero-order valence-corrected chi connectivity index (χ0v) is 11.7. The molecule has 2 aromatic heterocycles. The summed E-state index contributed by atoms with van der Waals surface area (Å²) in [6.45, 7) is 1.39. The van der Waals surface area contributed by atoms with Gasteiger partial charge in [0.05, 0.1) is 0 Å². The molecular weight excluding hydrogens is 280 g/mol. The van der Waals surface area contributed by atoms with Crippen molar-refractivity contribution in [1.29, 1.82) is 0 Å². The second kappa shape index (κ2) is 6.85. The number of thiophene rings is 1. The summed E-state index contributed by atoms with van der Waals surface area (Å²) in [5.74, 6) is 0.0553. The van der Waals surface area contributed by atoms with Gasteiger partial charge in [0.15, 0.2) is 12.4 Å². The van der Waals surface area contributed by atoms with Crippen LogP contribution in [0.15, 0.2) is 27.4 Å². The Labute approximate surface area is 119 Å². The Bertz CT molecular complexity index is 577. The monoisotopic (exact) mass is 294 g/mol. The van der Waals surface area contributed by atoms with Crippen LogP contribution in [0.3, 0.4) is 0 Å². The van der Waals surface area contributed by atoms with E-state index in [-0.39, 0.29) is 13.0 Å². The first-order valence-corrected chi connectivity index (χ1v) is 6.97. The minimum Gasteiger partial charge on any atom is -0.456 e. The molecule has 2 rings (SSSR count). The molecule has 0 aliphatic heterocycles. The Hall–Kier alpha value is -2.15. The molecule has 0 aromatic carbocycles. The van der Waals surface area contributed by atoms with Crippen LogP contribution in [-0.2, 0) is 20.7 Å². The number of rotatable bonds is 6. The third-order valence-corrected chi connectivity index (χ3v) is 3.19. The lowest BCUT2D eigenvalue weighted by Gasteiger charge is -2.04. The average Bonchev–Trinajstić information content (AvgIpc) is 3.06. The van der Waals surface area contributed by atoms with Gasteiger partial charge in [0, 0.05) is 12.5 Å². The van der Waals surface area contributed by atoms with Gasteiger partial charge in [0.1, 0.15) is 5.76 Å². The van der Waals surface area contributed by atoms with Crippen LogP contribution in [0.1, 0.15) is 17.7 Å². The van der Waals surface area contributed by atoms with Crippen molar-refractivity contribution >= 4 is 29.0 Å². The van der Waals surface area contributed by atoms with Gasteiger partial charge in [-0.15, -0.1) is 0 Å². The van der Waals surface area contributed by atoms with Crippen LogP contribution in [0.5, 0.6) is 0 Å². The molecule has 7 heteroatoms. The smallest absolute Gasteiger partial charge is 0.306 e. The maximum Gasteiger partial charge on any atom is 0.306 e. The van der Waals surface area contributed by atoms with Gasteiger partial charge in [-0.3, -0.25) is 9.59 Å². The third kappa shape index (κ3) is 4.51. The lowest BCUT2D eigenvalue weighted by molar-refractivity contribution is -0.147. The molecule has 0 radical (unpaired) electrons. The summed E-state index contributed by atoms with van der Waals surface area (Å²) < 4.78 is 9.67. The minimum atomic E-state index is -0.442. The molecule has 0 saturated carbocycles. The third-order valence-electron chi connectivity index (χ3n) is 2.46. The number of ether oxygens (including phenoxy) is 1. The van der Waals surface area contributed by atoms with E-state index in [4.69, 9.17) is 9.26 Å². The molecule has 0 unspecified atom stereocenters. The van der Waals surface area contributed by atoms with Crippen LogP contribution >= 0.6 is 11.3 Å². The molecular formula is C13H14N2O4S. The van der Waals surface area contributed by atoms with E-state index in [1.54, 1.807) is 24.3 Å². The number of hydrogen-bond acceptors (Lipinski definition) is 6. The van der Waals surface area contributed by atoms with Gasteiger partial charge in [0.2, 0.25) is 0 Å². The maximum absolute atomic E-state index is 11.5. The van der Waals surface area contributed by atoms with Gasteiger partial charge in [-0.1, -0.05) is 5.16 Å². The van der Waals surface area contributed by atoms with Crippen LogP contribution in [-0.4, -0.2) is 23.6 Å². The van der Waals surface area contributed by atoms with E-state index in [2.05, 4.69) is 10.5 Å². The van der Waals surface area contributed by atoms with Crippen molar-refractivity contribution < 1.29 is 18.8 Å². The molecule has 1 N–H and O–H groups in total. The summed E-state index contributed by atoms with van der Waals surface area (Å²) in [5, 5.41) is 10.0. The van der Waals surface area contributed by atoms with E-state index >= 15 is 0 Å². The van der Waals surface area contributed by atoms with Gasteiger partial charge in [-0.2, -0.15) is 11.3 Å². The Morgan fingerprint density at radius 2 is 2.35 bits per heavy atom. The quantitative estimate of drug-likeness (QED) is 0.826. The van der Waals surface area contributed by atoms with Gasteiger partial charge in [-0.25, -0.2) is 0 Å². The summed E-state index contributed by atoms with van der Waals surface area (Å²) in [4.78, 5) is 23.0. The number of esters is 1. The lowest BCUT2D eigenvalue weighted by atomic mass is 10.2. The summed E-state index contributed by atoms with van der Waals surface area (Å²) in [6, 6.07) is 3.54. The highest BCUT2D eigenvalue weighted by Gasteiger charge is 2.10. The minimum absolute atomic E-state index is 0.257. The Kier molecular flexibility index (Phi) is 4.89. The Morgan fingerprint density at radius 1 is 1.50 bits per heavy atom. The molecule has 6 nitrogen and oxygen atoms in total. The number of aryl methyl sites for hydroxylation is 2. The fourth-order valence-electron chi connectivity index (χ4n) is 1.50. The molecule has 0 fully saturated rings. The van der Waals surface area contributed by atoms with Crippen molar-refractivity contribution in [2.24, 2.45) is 0 Å². The number of nitrogens with zero attached hydrogens (tertiary/aromatic N) is 1. The zero-order chi connectivity index (χ0) is 14.4. The summed E-state index contributed by atoms with van der Waals surface area (Å²) in [6.07, 6.45) is 0.875. The van der Waals surface area contributed by atoms with E-state index in [0.29, 0.717) is 18.0 Å². The zero-order valence-electron chi connectivity index (χ0n) is 10.9. The van der Waals surface area contributed by atoms with E-state index < -0.39 is 11.9 Å². The molecule has 106 valence electrons. The topological polar surface area (TPSA) is 81.4 Å². The Balaban J connectivity index is 1.66. The summed E-state index contributed by atoms with van der Waals surface area (Å²) >= 11 is 1.58. The first kappa shape index (κ1) is 14.3. The van der Waals surface area contributed by atoms with Crippen molar-refractivity contribution in [3.8, 4) is 0 Å². The number of aromatic nitrogens is 1. The predicted molar refractivity (Wildman–Crippen MR) is 73.5 cm³/mol. The lowest BCUT2D eigenvalue weighted by Crippen LogP contribution is -2.21. The van der Waals surface area contributed by atoms with Crippen LogP contribution in [0.4, 0.5) is 5.82 Å². The molecule has 2 heterocycles. The van der Waals surface area contributed by atoms with Gasteiger partial charge < -0.3 is 14.6 Å². The molecule has 0 aliphatic rings. The maximum atomic E-state index is 11.5. The normalized spacial score (nSPS) is 10.2. The summed E-state index contributed by atoms with van der Waals surface area (Å²) in [7, 11) is 0. The van der Waals surface area contributed by atoms with Crippen LogP contribution in [0, 0.1) is 6.92 Å². The van der Waals surface area contributed by atoms with Crippen LogP contribution in [0.25, 0.3) is 0 Å². The highest BCUT2D eigenvalue weighted by Crippen LogP contribution is 2.09. The molecule has 20 heavy (non-hydrogen) atoms. The van der Waals surface area contributed by atoms with Crippen molar-refractivity contribution in [2.75, 3.05) is 11.9 Å². The fraction of sp³-hybridized carbons (Fsp3) is 0.308. The van der Waals surface area contributed by atoms with Crippen LogP contribution in [0.2, 0.25) is 0 Å². The Morgan fingerprint density at radius 3 is 3.00 bits per heavy atom. The van der Waals surface area contributed by atoms with Crippen LogP contribution < -0.4 is 5.32 Å². The first-order chi connectivity index (χ1) is 9.63. The van der Waals surface area contributed by atoms with Gasteiger partial charge >= 0.3 is 5.97 Å². The van der Waals surface area contributed by atoms with E-state index in [0.717, 1.165) is 5.56 Å². The summed E-state index contributed by atoms with van der Waals surface area (Å²) in [5.41, 5.74) is 1.09. The van der Waals surface area contributed by atoms with Crippen molar-refractivity contribution in [1.82, 2.24) is 5.16 Å². The first-order valence-electron chi connectivity index (χ1n) is 6.03. The number of amides is 1. The average molecular weight is 294 g/mol. The SMILES string of the molecule is Cc1cc(NC(=O)COC(=O)CCc2ccsc2)no1. The highest BCUT2D eigenvalue weighted by molar-refractivity contribution is 7.07. The van der Waals surface area contributed by atoms with Gasteiger partial charge in [0.25, 0.3) is 5.91 Å². The second-order valence-electron chi connectivity index (χ2n) is 4.16. The van der Waals surface area contributed by atoms with Gasteiger partial charge in [-0.05, 0) is 35.7 Å². The largest absolute Gasteiger partial charge is 0.456 e. The number of carbonyl (C=O) groups is 2. The molecule has 0 spiro atoms. The highest BCUT2D eigenvalue weighted by atomic mass is 32.1. The number of hydrogen-bond donors (Lipinski definition) is 1. The van der Waals surface area contributed by atoms with Crippen molar-refractivity contribution in [3.05, 3.63) is 34.2 Å². The van der Waals surface area contributed by atoms with E-state index in [1.165, 1.54) is 0 Å². The number of carbonyl (C=O) groups excluding carboxylic acids is 2. The molecule has 0 saturated heterocycles. The molecule has 0 aliphatic carbocycles. The molecule has 1 amide bonds. The molecule has 0 atom stereocenters. The second-order valence-corrected chi connectivity index (χ2v) is 4.94. The molecule has 2 aromatic rings. The number of nitrogens with one attached hydrogen (secondary N) is 1. The van der Waals surface area contributed by atoms with Crippen molar-refractivity contribution in [2.45, 2.75) is 19.8 Å². The molecule has 0 bridgehead atoms. The fourth-order valence-corrected chi connectivity index (χ4v) is 2.21. The van der Waals surface area contributed by atoms with E-state index in [1.807, 2.05) is 16.8 Å². The number of anilines is 1. The van der Waals surface area contributed by atoms with E-state index in [9.17, 15) is 9.59 Å². The van der Waals surface area contributed by atoms with Crippen molar-refractivity contribution in [3.63, 3.8) is 0 Å². The standard InChI is InChI=1S/C13H14N2O4S/c1-9-6-11(15-19-9)14-12(16)7-18-13(17)3-2-10-4-5-20-8-10/h4-6,8H,2-3,7H2,1H3,(H,14,15,16).